The Morgan fingerprint density at radius 2 is 2.15 bits per heavy atom. The van der Waals surface area contributed by atoms with E-state index >= 15 is 0 Å². The Balaban J connectivity index is 3.07. The molecular weight excluding hydrogens is 162 g/mol. The van der Waals surface area contributed by atoms with Crippen molar-refractivity contribution < 1.29 is 4.74 Å². The molecule has 0 aliphatic carbocycles. The topological polar surface area (TPSA) is 33.0 Å². The zero-order chi connectivity index (χ0) is 9.68. The Labute approximate surface area is 77.8 Å². The zero-order valence-corrected chi connectivity index (χ0v) is 7.59. The Bertz CT molecular complexity index is 404. The molecule has 0 radical (unpaired) electrons. The maximum atomic E-state index is 8.27. The minimum Gasteiger partial charge on any atom is -0.497 e. The number of nitriles is 1. The maximum absolute atomic E-state index is 8.27. The van der Waals surface area contributed by atoms with Crippen LogP contribution in [-0.2, 0) is 0 Å². The highest BCUT2D eigenvalue weighted by Crippen LogP contribution is 2.15. The number of hydrogen-bond acceptors (Lipinski definition) is 2. The molecule has 1 rings (SSSR count). The standard InChI is InChI=1S/C11H9NO/c1-9-8-11(13-2)6-5-10(9)4-3-7-12/h5-6,8H,1-2H3. The van der Waals surface area contributed by atoms with Gasteiger partial charge >= 0.3 is 0 Å². The van der Waals surface area contributed by atoms with Gasteiger partial charge in [0.1, 0.15) is 5.75 Å². The van der Waals surface area contributed by atoms with Crippen LogP contribution >= 0.6 is 0 Å². The maximum Gasteiger partial charge on any atom is 0.152 e. The summed E-state index contributed by atoms with van der Waals surface area (Å²) >= 11 is 0. The van der Waals surface area contributed by atoms with Crippen LogP contribution in [-0.4, -0.2) is 7.11 Å². The van der Waals surface area contributed by atoms with E-state index in [-0.39, 0.29) is 0 Å². The first-order valence-corrected chi connectivity index (χ1v) is 3.82. The van der Waals surface area contributed by atoms with Crippen LogP contribution in [0.1, 0.15) is 11.1 Å². The van der Waals surface area contributed by atoms with Gasteiger partial charge in [-0.1, -0.05) is 5.92 Å². The van der Waals surface area contributed by atoms with Crippen LogP contribution in [0.3, 0.4) is 0 Å². The molecular formula is C11H9NO. The van der Waals surface area contributed by atoms with E-state index in [1.54, 1.807) is 13.2 Å². The molecule has 0 aliphatic rings. The molecule has 0 fully saturated rings. The first kappa shape index (κ1) is 9.16. The lowest BCUT2D eigenvalue weighted by molar-refractivity contribution is 0.414. The summed E-state index contributed by atoms with van der Waals surface area (Å²) < 4.78 is 5.04. The monoisotopic (exact) mass is 171 g/mol. The highest BCUT2D eigenvalue weighted by atomic mass is 16.5. The van der Waals surface area contributed by atoms with Gasteiger partial charge in [0.15, 0.2) is 6.07 Å². The largest absolute Gasteiger partial charge is 0.497 e. The summed E-state index contributed by atoms with van der Waals surface area (Å²) in [7, 11) is 1.62. The quantitative estimate of drug-likeness (QED) is 0.604. The van der Waals surface area contributed by atoms with E-state index in [1.165, 1.54) is 0 Å². The molecule has 0 spiro atoms. The molecule has 0 saturated carbocycles. The van der Waals surface area contributed by atoms with Gasteiger partial charge in [0.2, 0.25) is 0 Å². The summed E-state index contributed by atoms with van der Waals surface area (Å²) in [5.74, 6) is 5.91. The average molecular weight is 171 g/mol. The fraction of sp³-hybridized carbons (Fsp3) is 0.182. The van der Waals surface area contributed by atoms with Crippen LogP contribution < -0.4 is 4.74 Å². The molecule has 0 saturated heterocycles. The van der Waals surface area contributed by atoms with Crippen molar-refractivity contribution in [2.45, 2.75) is 6.92 Å². The van der Waals surface area contributed by atoms with Crippen molar-refractivity contribution in [3.05, 3.63) is 29.3 Å². The highest BCUT2D eigenvalue weighted by molar-refractivity contribution is 5.46. The molecule has 0 amide bonds. The van der Waals surface area contributed by atoms with Crippen LogP contribution in [0.2, 0.25) is 0 Å². The van der Waals surface area contributed by atoms with E-state index in [4.69, 9.17) is 10.00 Å². The van der Waals surface area contributed by atoms with E-state index in [0.29, 0.717) is 0 Å². The summed E-state index contributed by atoms with van der Waals surface area (Å²) in [6, 6.07) is 7.34. The van der Waals surface area contributed by atoms with Gasteiger partial charge in [-0.2, -0.15) is 5.26 Å². The van der Waals surface area contributed by atoms with Crippen LogP contribution in [0.25, 0.3) is 0 Å². The fourth-order valence-electron chi connectivity index (χ4n) is 0.999. The first-order chi connectivity index (χ1) is 6.27. The lowest BCUT2D eigenvalue weighted by Gasteiger charge is -2.01. The Morgan fingerprint density at radius 3 is 2.69 bits per heavy atom. The predicted molar refractivity (Wildman–Crippen MR) is 50.2 cm³/mol. The molecule has 1 aromatic rings. The van der Waals surface area contributed by atoms with Crippen LogP contribution in [0.5, 0.6) is 5.75 Å². The minimum absolute atomic E-state index is 0.806. The predicted octanol–water partition coefficient (Wildman–Crippen LogP) is 1.88. The summed E-state index contributed by atoms with van der Waals surface area (Å²) in [6.07, 6.45) is 0. The van der Waals surface area contributed by atoms with E-state index in [9.17, 15) is 0 Å². The fourth-order valence-corrected chi connectivity index (χ4v) is 0.999. The first-order valence-electron chi connectivity index (χ1n) is 3.82. The summed E-state index contributed by atoms with van der Waals surface area (Å²) in [6.45, 7) is 1.93. The third kappa shape index (κ3) is 2.25. The molecule has 0 bridgehead atoms. The van der Waals surface area contributed by atoms with Crippen molar-refractivity contribution in [3.8, 4) is 23.7 Å². The van der Waals surface area contributed by atoms with Gasteiger partial charge in [-0.25, -0.2) is 0 Å². The number of hydrogen-bond donors (Lipinski definition) is 0. The third-order valence-electron chi connectivity index (χ3n) is 1.69. The second-order valence-electron chi connectivity index (χ2n) is 2.54. The smallest absolute Gasteiger partial charge is 0.152 e. The number of benzene rings is 1. The average Bonchev–Trinajstić information content (AvgIpc) is 2.16. The van der Waals surface area contributed by atoms with Gasteiger partial charge in [0.05, 0.1) is 7.11 Å². The van der Waals surface area contributed by atoms with Crippen LogP contribution in [0.15, 0.2) is 18.2 Å². The normalized spacial score (nSPS) is 8.08. The Kier molecular flexibility index (Phi) is 2.95. The van der Waals surface area contributed by atoms with Gasteiger partial charge < -0.3 is 4.74 Å². The molecule has 64 valence electrons. The van der Waals surface area contributed by atoms with Crippen molar-refractivity contribution in [1.82, 2.24) is 0 Å². The number of nitrogens with zero attached hydrogens (tertiary/aromatic N) is 1. The molecule has 0 N–H and O–H groups in total. The molecule has 2 nitrogen and oxygen atoms in total. The van der Waals surface area contributed by atoms with Crippen molar-refractivity contribution in [2.24, 2.45) is 0 Å². The number of ether oxygens (including phenoxy) is 1. The number of methoxy groups -OCH3 is 1. The summed E-state index contributed by atoms with van der Waals surface area (Å²) in [5, 5.41) is 8.27. The molecule has 0 atom stereocenters. The van der Waals surface area contributed by atoms with E-state index in [2.05, 4.69) is 11.8 Å². The van der Waals surface area contributed by atoms with Gasteiger partial charge in [-0.15, -0.1) is 0 Å². The molecule has 2 heteroatoms. The molecule has 13 heavy (non-hydrogen) atoms. The second-order valence-corrected chi connectivity index (χ2v) is 2.54. The molecule has 0 heterocycles. The van der Waals surface area contributed by atoms with E-state index in [1.807, 2.05) is 25.1 Å². The van der Waals surface area contributed by atoms with Crippen LogP contribution in [0, 0.1) is 30.1 Å². The lowest BCUT2D eigenvalue weighted by Crippen LogP contribution is -1.86. The summed E-state index contributed by atoms with van der Waals surface area (Å²) in [4.78, 5) is 0. The molecule has 0 aromatic heterocycles. The van der Waals surface area contributed by atoms with Crippen LogP contribution in [0.4, 0.5) is 0 Å². The lowest BCUT2D eigenvalue weighted by atomic mass is 10.1. The summed E-state index contributed by atoms with van der Waals surface area (Å²) in [5.41, 5.74) is 1.88. The second kappa shape index (κ2) is 4.18. The van der Waals surface area contributed by atoms with Crippen molar-refractivity contribution in [1.29, 1.82) is 5.26 Å². The van der Waals surface area contributed by atoms with Gasteiger partial charge in [-0.05, 0) is 30.7 Å². The van der Waals surface area contributed by atoms with E-state index in [0.717, 1.165) is 16.9 Å². The van der Waals surface area contributed by atoms with Crippen molar-refractivity contribution in [3.63, 3.8) is 0 Å². The zero-order valence-electron chi connectivity index (χ0n) is 7.59. The van der Waals surface area contributed by atoms with Gasteiger partial charge in [-0.3, -0.25) is 0 Å². The highest BCUT2D eigenvalue weighted by Gasteiger charge is 1.96. The molecule has 1 aromatic carbocycles. The molecule has 0 aliphatic heterocycles. The Hall–Kier alpha value is -1.93. The SMILES string of the molecule is COc1ccc(C#CC#N)c(C)c1. The molecule has 0 unspecified atom stereocenters. The van der Waals surface area contributed by atoms with Gasteiger partial charge in [0, 0.05) is 11.5 Å². The van der Waals surface area contributed by atoms with Crippen molar-refractivity contribution >= 4 is 0 Å². The van der Waals surface area contributed by atoms with Crippen molar-refractivity contribution in [2.75, 3.05) is 7.11 Å². The Morgan fingerprint density at radius 1 is 1.38 bits per heavy atom. The number of rotatable bonds is 1. The minimum atomic E-state index is 0.806. The van der Waals surface area contributed by atoms with E-state index < -0.39 is 0 Å². The third-order valence-corrected chi connectivity index (χ3v) is 1.69. The number of aryl methyl sites for hydroxylation is 1. The van der Waals surface area contributed by atoms with Gasteiger partial charge in [0.25, 0.3) is 0 Å².